The zero-order chi connectivity index (χ0) is 18.3. The van der Waals surface area contributed by atoms with Crippen molar-refractivity contribution < 1.29 is 4.74 Å². The first kappa shape index (κ1) is 16.6. The second kappa shape index (κ2) is 6.45. The van der Waals surface area contributed by atoms with Gasteiger partial charge < -0.3 is 4.74 Å². The molecule has 0 N–H and O–H groups in total. The Morgan fingerprint density at radius 3 is 2.77 bits per heavy atom. The van der Waals surface area contributed by atoms with Gasteiger partial charge in [-0.25, -0.2) is 9.48 Å². The minimum Gasteiger partial charge on any atom is -0.496 e. The van der Waals surface area contributed by atoms with Crippen LogP contribution in [0.25, 0.3) is 11.3 Å². The molecule has 1 aliphatic heterocycles. The summed E-state index contributed by atoms with van der Waals surface area (Å²) in [5.41, 5.74) is 2.99. The predicted octanol–water partition coefficient (Wildman–Crippen LogP) is 1.01. The fourth-order valence-corrected chi connectivity index (χ4v) is 3.51. The highest BCUT2D eigenvalue weighted by Gasteiger charge is 2.23. The molecule has 2 aromatic heterocycles. The summed E-state index contributed by atoms with van der Waals surface area (Å²) in [7, 11) is 5.29. The Labute approximate surface area is 151 Å². The van der Waals surface area contributed by atoms with Crippen LogP contribution in [0.5, 0.6) is 5.75 Å². The predicted molar refractivity (Wildman–Crippen MR) is 96.8 cm³/mol. The molecular formula is C18H22N6O2. The molecule has 0 unspecified atom stereocenters. The van der Waals surface area contributed by atoms with E-state index in [1.165, 1.54) is 4.68 Å². The van der Waals surface area contributed by atoms with Crippen LogP contribution in [0.15, 0.2) is 35.3 Å². The van der Waals surface area contributed by atoms with Gasteiger partial charge in [-0.2, -0.15) is 10.2 Å². The molecule has 0 saturated carbocycles. The number of nitrogens with zero attached hydrogens (tertiary/aromatic N) is 6. The molecule has 0 amide bonds. The lowest BCUT2D eigenvalue weighted by Crippen LogP contribution is -2.37. The average molecular weight is 354 g/mol. The number of fused-ring (bicyclic) bond motifs is 1. The van der Waals surface area contributed by atoms with Gasteiger partial charge in [-0.05, 0) is 12.1 Å². The van der Waals surface area contributed by atoms with E-state index < -0.39 is 0 Å². The van der Waals surface area contributed by atoms with Crippen LogP contribution in [0.3, 0.4) is 0 Å². The number of ether oxygens (including phenoxy) is 1. The number of rotatable bonds is 4. The zero-order valence-electron chi connectivity index (χ0n) is 15.2. The molecule has 26 heavy (non-hydrogen) atoms. The molecule has 3 aromatic rings. The van der Waals surface area contributed by atoms with Crippen molar-refractivity contribution >= 4 is 0 Å². The number of benzene rings is 1. The monoisotopic (exact) mass is 354 g/mol. The number of hydrogen-bond donors (Lipinski definition) is 0. The smallest absolute Gasteiger partial charge is 0.345 e. The summed E-state index contributed by atoms with van der Waals surface area (Å²) in [5.74, 6) is 1.62. The molecule has 4 rings (SSSR count). The van der Waals surface area contributed by atoms with E-state index >= 15 is 0 Å². The van der Waals surface area contributed by atoms with Crippen molar-refractivity contribution in [2.45, 2.75) is 19.6 Å². The van der Waals surface area contributed by atoms with Crippen molar-refractivity contribution in [3.8, 4) is 17.0 Å². The van der Waals surface area contributed by atoms with Crippen LogP contribution in [0, 0.1) is 0 Å². The fourth-order valence-electron chi connectivity index (χ4n) is 3.51. The molecular weight excluding hydrogens is 332 g/mol. The molecule has 3 heterocycles. The SMILES string of the molecule is COc1ccccc1-c1nn(C)cc1CN1CCn2c(nn(C)c2=O)C1. The van der Waals surface area contributed by atoms with Crippen molar-refractivity contribution in [1.82, 2.24) is 29.0 Å². The third-order valence-corrected chi connectivity index (χ3v) is 4.75. The summed E-state index contributed by atoms with van der Waals surface area (Å²) >= 11 is 0. The maximum atomic E-state index is 12.0. The Kier molecular flexibility index (Phi) is 4.12. The summed E-state index contributed by atoms with van der Waals surface area (Å²) < 4.78 is 10.5. The Morgan fingerprint density at radius 2 is 1.96 bits per heavy atom. The first-order chi connectivity index (χ1) is 12.6. The molecule has 136 valence electrons. The molecule has 0 fully saturated rings. The van der Waals surface area contributed by atoms with Gasteiger partial charge >= 0.3 is 5.69 Å². The van der Waals surface area contributed by atoms with Gasteiger partial charge in [0, 0.05) is 51.1 Å². The van der Waals surface area contributed by atoms with Gasteiger partial charge in [0.15, 0.2) is 0 Å². The maximum absolute atomic E-state index is 12.0. The summed E-state index contributed by atoms with van der Waals surface area (Å²) in [6.07, 6.45) is 2.04. The lowest BCUT2D eigenvalue weighted by molar-refractivity contribution is 0.207. The van der Waals surface area contributed by atoms with Crippen molar-refractivity contribution in [2.75, 3.05) is 13.7 Å². The number of aromatic nitrogens is 5. The van der Waals surface area contributed by atoms with Crippen LogP contribution in [-0.2, 0) is 33.7 Å². The summed E-state index contributed by atoms with van der Waals surface area (Å²) in [4.78, 5) is 14.3. The minimum atomic E-state index is -0.0456. The first-order valence-electron chi connectivity index (χ1n) is 8.58. The van der Waals surface area contributed by atoms with Crippen LogP contribution in [0.2, 0.25) is 0 Å². The van der Waals surface area contributed by atoms with Gasteiger partial charge in [0.2, 0.25) is 0 Å². The van der Waals surface area contributed by atoms with Crippen LogP contribution in [-0.4, -0.2) is 42.7 Å². The average Bonchev–Trinajstić information content (AvgIpc) is 3.14. The standard InChI is InChI=1S/C18H22N6O2/c1-21-10-13(17(20-21)14-6-4-5-7-15(14)26-3)11-23-8-9-24-16(12-23)19-22(2)18(24)25/h4-7,10H,8-9,11-12H2,1-3H3. The van der Waals surface area contributed by atoms with Crippen LogP contribution in [0.4, 0.5) is 0 Å². The quantitative estimate of drug-likeness (QED) is 0.699. The van der Waals surface area contributed by atoms with Gasteiger partial charge in [-0.3, -0.25) is 14.1 Å². The van der Waals surface area contributed by atoms with E-state index in [-0.39, 0.29) is 5.69 Å². The zero-order valence-corrected chi connectivity index (χ0v) is 15.2. The van der Waals surface area contributed by atoms with E-state index in [0.717, 1.165) is 41.5 Å². The highest BCUT2D eigenvalue weighted by molar-refractivity contribution is 5.69. The Balaban J connectivity index is 1.63. The molecule has 0 aliphatic carbocycles. The van der Waals surface area contributed by atoms with Crippen molar-refractivity contribution in [1.29, 1.82) is 0 Å². The minimum absolute atomic E-state index is 0.0456. The molecule has 1 aliphatic rings. The first-order valence-corrected chi connectivity index (χ1v) is 8.58. The second-order valence-electron chi connectivity index (χ2n) is 6.56. The highest BCUT2D eigenvalue weighted by Crippen LogP contribution is 2.31. The molecule has 1 aromatic carbocycles. The second-order valence-corrected chi connectivity index (χ2v) is 6.56. The Bertz CT molecular complexity index is 1000. The van der Waals surface area contributed by atoms with E-state index in [9.17, 15) is 4.79 Å². The van der Waals surface area contributed by atoms with Gasteiger partial charge in [0.25, 0.3) is 0 Å². The molecule has 0 spiro atoms. The summed E-state index contributed by atoms with van der Waals surface area (Å²) in [6.45, 7) is 2.85. The largest absolute Gasteiger partial charge is 0.496 e. The number of methoxy groups -OCH3 is 1. The van der Waals surface area contributed by atoms with Gasteiger partial charge in [-0.15, -0.1) is 0 Å². The Morgan fingerprint density at radius 1 is 1.15 bits per heavy atom. The van der Waals surface area contributed by atoms with E-state index in [4.69, 9.17) is 4.74 Å². The summed E-state index contributed by atoms with van der Waals surface area (Å²) in [6, 6.07) is 7.91. The van der Waals surface area contributed by atoms with Crippen molar-refractivity contribution in [3.05, 3.63) is 52.3 Å². The number of hydrogen-bond acceptors (Lipinski definition) is 5. The molecule has 0 saturated heterocycles. The normalized spacial score (nSPS) is 14.4. The Hall–Kier alpha value is -2.87. The lowest BCUT2D eigenvalue weighted by Gasteiger charge is -2.26. The molecule has 8 nitrogen and oxygen atoms in total. The van der Waals surface area contributed by atoms with E-state index in [1.807, 2.05) is 42.2 Å². The number of aryl methyl sites for hydroxylation is 2. The van der Waals surface area contributed by atoms with Gasteiger partial charge in [0.05, 0.1) is 13.7 Å². The topological polar surface area (TPSA) is 70.1 Å². The maximum Gasteiger partial charge on any atom is 0.345 e. The molecule has 0 radical (unpaired) electrons. The van der Waals surface area contributed by atoms with Crippen molar-refractivity contribution in [3.63, 3.8) is 0 Å². The third kappa shape index (κ3) is 2.82. The molecule has 0 atom stereocenters. The van der Waals surface area contributed by atoms with Crippen LogP contribution in [0.1, 0.15) is 11.4 Å². The lowest BCUT2D eigenvalue weighted by atomic mass is 10.1. The molecule has 0 bridgehead atoms. The summed E-state index contributed by atoms with van der Waals surface area (Å²) in [5, 5.41) is 8.99. The van der Waals surface area contributed by atoms with Crippen LogP contribution < -0.4 is 10.4 Å². The van der Waals surface area contributed by atoms with Crippen molar-refractivity contribution in [2.24, 2.45) is 14.1 Å². The van der Waals surface area contributed by atoms with E-state index in [2.05, 4.69) is 15.1 Å². The third-order valence-electron chi connectivity index (χ3n) is 4.75. The highest BCUT2D eigenvalue weighted by atomic mass is 16.5. The van der Waals surface area contributed by atoms with E-state index in [0.29, 0.717) is 13.1 Å². The van der Waals surface area contributed by atoms with Gasteiger partial charge in [0.1, 0.15) is 17.3 Å². The fraction of sp³-hybridized carbons (Fsp3) is 0.389. The van der Waals surface area contributed by atoms with Gasteiger partial charge in [-0.1, -0.05) is 12.1 Å². The van der Waals surface area contributed by atoms with Crippen LogP contribution >= 0.6 is 0 Å². The molecule has 8 heteroatoms. The van der Waals surface area contributed by atoms with E-state index in [1.54, 1.807) is 18.7 Å². The number of para-hydroxylation sites is 1.